The molecule has 1 aliphatic heterocycles. The summed E-state index contributed by atoms with van der Waals surface area (Å²) in [5.41, 5.74) is 5.75. The number of rotatable bonds is 4. The highest BCUT2D eigenvalue weighted by molar-refractivity contribution is 5.94. The average Bonchev–Trinajstić information content (AvgIpc) is 3.06. The Kier molecular flexibility index (Phi) is 4.23. The van der Waals surface area contributed by atoms with Crippen LogP contribution in [-0.4, -0.2) is 34.8 Å². The van der Waals surface area contributed by atoms with Gasteiger partial charge in [-0.1, -0.05) is 18.2 Å². The van der Waals surface area contributed by atoms with Crippen LogP contribution in [-0.2, 0) is 4.79 Å². The molecule has 1 atom stereocenters. The van der Waals surface area contributed by atoms with E-state index < -0.39 is 0 Å². The molecule has 6 heteroatoms. The van der Waals surface area contributed by atoms with Crippen molar-refractivity contribution in [2.45, 2.75) is 6.42 Å². The molecule has 1 saturated heterocycles. The summed E-state index contributed by atoms with van der Waals surface area (Å²) in [6.45, 7) is 0.908. The lowest BCUT2D eigenvalue weighted by Crippen LogP contribution is -2.31. The molecule has 1 unspecified atom stereocenters. The molecule has 2 N–H and O–H groups in total. The van der Waals surface area contributed by atoms with Crippen LogP contribution in [0.5, 0.6) is 11.6 Å². The SMILES string of the molecule is NC(=O)C1CCN(C(=O)c2ccc(Oc3ccccc3)nc2)C1. The third-order valence-electron chi connectivity index (χ3n) is 3.83. The van der Waals surface area contributed by atoms with Crippen LogP contribution in [0.4, 0.5) is 0 Å². The van der Waals surface area contributed by atoms with E-state index in [1.54, 1.807) is 17.0 Å². The summed E-state index contributed by atoms with van der Waals surface area (Å²) >= 11 is 0. The number of likely N-dealkylation sites (tertiary alicyclic amines) is 1. The lowest BCUT2D eigenvalue weighted by molar-refractivity contribution is -0.121. The molecular formula is C17H17N3O3. The lowest BCUT2D eigenvalue weighted by atomic mass is 10.1. The number of benzene rings is 1. The second kappa shape index (κ2) is 6.48. The fraction of sp³-hybridized carbons (Fsp3) is 0.235. The van der Waals surface area contributed by atoms with Gasteiger partial charge in [-0.3, -0.25) is 9.59 Å². The van der Waals surface area contributed by atoms with Crippen molar-refractivity contribution in [3.63, 3.8) is 0 Å². The molecule has 0 bridgehead atoms. The topological polar surface area (TPSA) is 85.5 Å². The van der Waals surface area contributed by atoms with Crippen LogP contribution >= 0.6 is 0 Å². The van der Waals surface area contributed by atoms with Crippen molar-refractivity contribution in [1.82, 2.24) is 9.88 Å². The zero-order valence-electron chi connectivity index (χ0n) is 12.5. The smallest absolute Gasteiger partial charge is 0.255 e. The first-order valence-corrected chi connectivity index (χ1v) is 7.41. The molecule has 23 heavy (non-hydrogen) atoms. The molecule has 0 saturated carbocycles. The molecule has 0 aliphatic carbocycles. The van der Waals surface area contributed by atoms with Crippen molar-refractivity contribution < 1.29 is 14.3 Å². The molecule has 2 heterocycles. The first kappa shape index (κ1) is 15.0. The Balaban J connectivity index is 1.65. The van der Waals surface area contributed by atoms with Crippen LogP contribution in [0.25, 0.3) is 0 Å². The van der Waals surface area contributed by atoms with Gasteiger partial charge < -0.3 is 15.4 Å². The number of para-hydroxylation sites is 1. The second-order valence-corrected chi connectivity index (χ2v) is 5.44. The van der Waals surface area contributed by atoms with Gasteiger partial charge in [-0.2, -0.15) is 0 Å². The van der Waals surface area contributed by atoms with Crippen molar-refractivity contribution >= 4 is 11.8 Å². The van der Waals surface area contributed by atoms with E-state index in [1.807, 2.05) is 30.3 Å². The number of hydrogen-bond acceptors (Lipinski definition) is 4. The summed E-state index contributed by atoms with van der Waals surface area (Å²) in [6.07, 6.45) is 2.10. The summed E-state index contributed by atoms with van der Waals surface area (Å²) in [5.74, 6) is 0.345. The molecule has 0 spiro atoms. The fourth-order valence-corrected chi connectivity index (χ4v) is 2.54. The van der Waals surface area contributed by atoms with Crippen molar-refractivity contribution in [2.24, 2.45) is 11.7 Å². The van der Waals surface area contributed by atoms with E-state index in [9.17, 15) is 9.59 Å². The maximum Gasteiger partial charge on any atom is 0.255 e. The van der Waals surface area contributed by atoms with Gasteiger partial charge in [-0.05, 0) is 24.6 Å². The number of carbonyl (C=O) groups excluding carboxylic acids is 2. The number of hydrogen-bond donors (Lipinski definition) is 1. The molecule has 3 rings (SSSR count). The van der Waals surface area contributed by atoms with Crippen LogP contribution in [0.15, 0.2) is 48.7 Å². The zero-order valence-corrected chi connectivity index (χ0v) is 12.5. The third-order valence-corrected chi connectivity index (χ3v) is 3.83. The number of ether oxygens (including phenoxy) is 1. The van der Waals surface area contributed by atoms with Crippen molar-refractivity contribution in [2.75, 3.05) is 13.1 Å². The van der Waals surface area contributed by atoms with Gasteiger partial charge in [0, 0.05) is 25.4 Å². The molecule has 6 nitrogen and oxygen atoms in total. The third kappa shape index (κ3) is 3.48. The number of amides is 2. The summed E-state index contributed by atoms with van der Waals surface area (Å²) in [4.78, 5) is 29.3. The van der Waals surface area contributed by atoms with E-state index >= 15 is 0 Å². The first-order valence-electron chi connectivity index (χ1n) is 7.41. The minimum absolute atomic E-state index is 0.146. The van der Waals surface area contributed by atoms with Gasteiger partial charge in [0.2, 0.25) is 11.8 Å². The molecule has 2 amide bonds. The van der Waals surface area contributed by atoms with Gasteiger partial charge in [0.05, 0.1) is 11.5 Å². The maximum atomic E-state index is 12.4. The van der Waals surface area contributed by atoms with E-state index in [1.165, 1.54) is 6.20 Å². The van der Waals surface area contributed by atoms with Crippen molar-refractivity contribution in [3.05, 3.63) is 54.2 Å². The predicted molar refractivity (Wildman–Crippen MR) is 84.0 cm³/mol. The quantitative estimate of drug-likeness (QED) is 0.933. The van der Waals surface area contributed by atoms with E-state index in [4.69, 9.17) is 10.5 Å². The summed E-state index contributed by atoms with van der Waals surface area (Å²) in [5, 5.41) is 0. The summed E-state index contributed by atoms with van der Waals surface area (Å²) < 4.78 is 5.59. The molecule has 2 aromatic rings. The highest BCUT2D eigenvalue weighted by Crippen LogP contribution is 2.21. The van der Waals surface area contributed by atoms with Crippen LogP contribution in [0.2, 0.25) is 0 Å². The van der Waals surface area contributed by atoms with Crippen LogP contribution in [0.1, 0.15) is 16.8 Å². The lowest BCUT2D eigenvalue weighted by Gasteiger charge is -2.15. The van der Waals surface area contributed by atoms with Gasteiger partial charge in [-0.25, -0.2) is 4.98 Å². The van der Waals surface area contributed by atoms with E-state index in [2.05, 4.69) is 4.98 Å². The van der Waals surface area contributed by atoms with E-state index in [0.29, 0.717) is 36.7 Å². The number of carbonyl (C=O) groups is 2. The normalized spacial score (nSPS) is 17.0. The average molecular weight is 311 g/mol. The monoisotopic (exact) mass is 311 g/mol. The van der Waals surface area contributed by atoms with Gasteiger partial charge in [0.15, 0.2) is 0 Å². The van der Waals surface area contributed by atoms with E-state index in [-0.39, 0.29) is 17.7 Å². The molecule has 1 aliphatic rings. The number of nitrogens with two attached hydrogens (primary N) is 1. The van der Waals surface area contributed by atoms with Crippen LogP contribution in [0, 0.1) is 5.92 Å². The van der Waals surface area contributed by atoms with Gasteiger partial charge in [-0.15, -0.1) is 0 Å². The Labute approximate surface area is 133 Å². The van der Waals surface area contributed by atoms with Gasteiger partial charge in [0.25, 0.3) is 5.91 Å². The zero-order chi connectivity index (χ0) is 16.2. The van der Waals surface area contributed by atoms with E-state index in [0.717, 1.165) is 0 Å². The molecular weight excluding hydrogens is 294 g/mol. The van der Waals surface area contributed by atoms with Crippen LogP contribution in [0.3, 0.4) is 0 Å². The highest BCUT2D eigenvalue weighted by Gasteiger charge is 2.30. The number of nitrogens with zero attached hydrogens (tertiary/aromatic N) is 2. The van der Waals surface area contributed by atoms with Crippen LogP contribution < -0.4 is 10.5 Å². The largest absolute Gasteiger partial charge is 0.439 e. The highest BCUT2D eigenvalue weighted by atomic mass is 16.5. The standard InChI is InChI=1S/C17H17N3O3/c18-16(21)13-8-9-20(11-13)17(22)12-6-7-15(19-10-12)23-14-4-2-1-3-5-14/h1-7,10,13H,8-9,11H2,(H2,18,21). The molecule has 118 valence electrons. The summed E-state index contributed by atoms with van der Waals surface area (Å²) in [7, 11) is 0. The Morgan fingerprint density at radius 2 is 1.96 bits per heavy atom. The minimum atomic E-state index is -0.356. The fourth-order valence-electron chi connectivity index (χ4n) is 2.54. The Morgan fingerprint density at radius 3 is 2.57 bits per heavy atom. The van der Waals surface area contributed by atoms with Gasteiger partial charge in [0.1, 0.15) is 5.75 Å². The minimum Gasteiger partial charge on any atom is -0.439 e. The van der Waals surface area contributed by atoms with Gasteiger partial charge >= 0.3 is 0 Å². The Morgan fingerprint density at radius 1 is 1.17 bits per heavy atom. The number of primary amides is 1. The Bertz CT molecular complexity index is 701. The molecule has 0 radical (unpaired) electrons. The number of pyridine rings is 1. The molecule has 1 fully saturated rings. The number of aromatic nitrogens is 1. The molecule has 1 aromatic heterocycles. The molecule has 1 aromatic carbocycles. The van der Waals surface area contributed by atoms with Crippen molar-refractivity contribution in [1.29, 1.82) is 0 Å². The maximum absolute atomic E-state index is 12.4. The predicted octanol–water partition coefficient (Wildman–Crippen LogP) is 1.82. The first-order chi connectivity index (χ1) is 11.1. The summed E-state index contributed by atoms with van der Waals surface area (Å²) in [6, 6.07) is 12.6. The van der Waals surface area contributed by atoms with Crippen molar-refractivity contribution in [3.8, 4) is 11.6 Å². The Hall–Kier alpha value is -2.89. The second-order valence-electron chi connectivity index (χ2n) is 5.44.